The Bertz CT molecular complexity index is 99.1. The monoisotopic (exact) mass is 129 g/mol. The zero-order chi connectivity index (χ0) is 7.44. The van der Waals surface area contributed by atoms with E-state index in [0.717, 1.165) is 6.42 Å². The minimum absolute atomic E-state index is 0.0868. The Morgan fingerprint density at radius 3 is 2.22 bits per heavy atom. The number of rotatable bonds is 3. The maximum absolute atomic E-state index is 8.75. The van der Waals surface area contributed by atoms with Gasteiger partial charge in [-0.15, -0.1) is 0 Å². The first-order valence-electron chi connectivity index (χ1n) is 3.17. The Balaban J connectivity index is 3.50. The molecule has 0 amide bonds. The molecule has 0 aliphatic carbocycles. The van der Waals surface area contributed by atoms with Crippen LogP contribution in [0.1, 0.15) is 20.3 Å². The Morgan fingerprint density at radius 1 is 1.67 bits per heavy atom. The van der Waals surface area contributed by atoms with Crippen LogP contribution in [0.25, 0.3) is 0 Å². The first-order valence-corrected chi connectivity index (χ1v) is 3.17. The molecule has 0 rings (SSSR count). The van der Waals surface area contributed by atoms with E-state index < -0.39 is 0 Å². The summed E-state index contributed by atoms with van der Waals surface area (Å²) in [6.07, 6.45) is 0.801. The minimum Gasteiger partial charge on any atom is -0.511 e. The summed E-state index contributed by atoms with van der Waals surface area (Å²) in [7, 11) is 0. The van der Waals surface area contributed by atoms with Crippen LogP contribution in [0.2, 0.25) is 0 Å². The van der Waals surface area contributed by atoms with Crippen LogP contribution in [0.15, 0.2) is 12.3 Å². The van der Waals surface area contributed by atoms with Gasteiger partial charge < -0.3 is 10.8 Å². The van der Waals surface area contributed by atoms with Crippen molar-refractivity contribution in [2.24, 2.45) is 11.7 Å². The van der Waals surface area contributed by atoms with Gasteiger partial charge in [-0.3, -0.25) is 0 Å². The molecule has 0 saturated carbocycles. The highest BCUT2D eigenvalue weighted by Gasteiger charge is 2.06. The number of hydrogen-bond acceptors (Lipinski definition) is 2. The third kappa shape index (κ3) is 4.03. The van der Waals surface area contributed by atoms with Crippen molar-refractivity contribution in [1.29, 1.82) is 0 Å². The molecule has 0 heterocycles. The van der Waals surface area contributed by atoms with Gasteiger partial charge in [-0.1, -0.05) is 20.4 Å². The van der Waals surface area contributed by atoms with E-state index in [0.29, 0.717) is 5.92 Å². The molecule has 3 N–H and O–H groups in total. The second-order valence-corrected chi connectivity index (χ2v) is 2.73. The van der Waals surface area contributed by atoms with Gasteiger partial charge in [-0.2, -0.15) is 0 Å². The van der Waals surface area contributed by atoms with Crippen LogP contribution in [-0.4, -0.2) is 11.1 Å². The average molecular weight is 129 g/mol. The minimum atomic E-state index is -0.245. The maximum Gasteiger partial charge on any atom is 0.102 e. The second kappa shape index (κ2) is 3.51. The van der Waals surface area contributed by atoms with Gasteiger partial charge in [0.15, 0.2) is 0 Å². The summed E-state index contributed by atoms with van der Waals surface area (Å²) in [6, 6.07) is -0.245. The van der Waals surface area contributed by atoms with Crippen molar-refractivity contribution in [3.63, 3.8) is 0 Å². The van der Waals surface area contributed by atoms with Crippen molar-refractivity contribution >= 4 is 0 Å². The molecule has 0 spiro atoms. The van der Waals surface area contributed by atoms with Crippen LogP contribution in [0.4, 0.5) is 0 Å². The number of nitrogens with two attached hydrogens (primary N) is 1. The van der Waals surface area contributed by atoms with Crippen molar-refractivity contribution in [2.45, 2.75) is 26.3 Å². The van der Waals surface area contributed by atoms with E-state index in [4.69, 9.17) is 10.8 Å². The summed E-state index contributed by atoms with van der Waals surface area (Å²) in [5, 5.41) is 8.75. The van der Waals surface area contributed by atoms with Gasteiger partial charge in [-0.05, 0) is 12.3 Å². The Kier molecular flexibility index (Phi) is 3.32. The van der Waals surface area contributed by atoms with Gasteiger partial charge in [0, 0.05) is 0 Å². The molecule has 1 atom stereocenters. The summed E-state index contributed by atoms with van der Waals surface area (Å²) in [6.45, 7) is 7.46. The van der Waals surface area contributed by atoms with Crippen LogP contribution >= 0.6 is 0 Å². The van der Waals surface area contributed by atoms with Crippen molar-refractivity contribution in [3.05, 3.63) is 12.3 Å². The third-order valence-corrected chi connectivity index (χ3v) is 1.15. The molecular weight excluding hydrogens is 114 g/mol. The summed E-state index contributed by atoms with van der Waals surface area (Å²) >= 11 is 0. The lowest BCUT2D eigenvalue weighted by atomic mass is 10.0. The molecule has 0 aliphatic heterocycles. The highest BCUT2D eigenvalue weighted by Crippen LogP contribution is 2.06. The highest BCUT2D eigenvalue weighted by atomic mass is 16.3. The highest BCUT2D eigenvalue weighted by molar-refractivity contribution is 4.92. The van der Waals surface area contributed by atoms with E-state index in [9.17, 15) is 0 Å². The van der Waals surface area contributed by atoms with Crippen molar-refractivity contribution < 1.29 is 5.11 Å². The van der Waals surface area contributed by atoms with Crippen LogP contribution < -0.4 is 5.73 Å². The maximum atomic E-state index is 8.75. The van der Waals surface area contributed by atoms with Gasteiger partial charge in [0.2, 0.25) is 0 Å². The Labute approximate surface area is 56.4 Å². The van der Waals surface area contributed by atoms with Gasteiger partial charge >= 0.3 is 0 Å². The van der Waals surface area contributed by atoms with Crippen LogP contribution in [0.5, 0.6) is 0 Å². The fraction of sp³-hybridized carbons (Fsp3) is 0.714. The van der Waals surface area contributed by atoms with Gasteiger partial charge in [-0.25, -0.2) is 0 Å². The zero-order valence-corrected chi connectivity index (χ0v) is 6.09. The summed E-state index contributed by atoms with van der Waals surface area (Å²) in [4.78, 5) is 0. The molecule has 0 aliphatic rings. The molecular formula is C7H15NO. The first-order chi connectivity index (χ1) is 4.04. The van der Waals surface area contributed by atoms with E-state index in [1.54, 1.807) is 0 Å². The fourth-order valence-electron chi connectivity index (χ4n) is 0.644. The van der Waals surface area contributed by atoms with E-state index >= 15 is 0 Å². The molecule has 54 valence electrons. The zero-order valence-electron chi connectivity index (χ0n) is 6.09. The van der Waals surface area contributed by atoms with E-state index in [-0.39, 0.29) is 11.8 Å². The van der Waals surface area contributed by atoms with Crippen LogP contribution in [-0.2, 0) is 0 Å². The molecule has 0 unspecified atom stereocenters. The molecule has 0 aromatic heterocycles. The Hall–Kier alpha value is -0.500. The fourth-order valence-corrected chi connectivity index (χ4v) is 0.644. The number of aliphatic hydroxyl groups excluding tert-OH is 1. The van der Waals surface area contributed by atoms with Crippen LogP contribution in [0, 0.1) is 5.92 Å². The topological polar surface area (TPSA) is 46.2 Å². The van der Waals surface area contributed by atoms with Gasteiger partial charge in [0.1, 0.15) is 5.76 Å². The van der Waals surface area contributed by atoms with Crippen molar-refractivity contribution in [3.8, 4) is 0 Å². The lowest BCUT2D eigenvalue weighted by Gasteiger charge is -2.11. The molecule has 0 saturated heterocycles. The number of aliphatic hydroxyl groups is 1. The van der Waals surface area contributed by atoms with Gasteiger partial charge in [0.25, 0.3) is 0 Å². The normalized spacial score (nSPS) is 13.8. The quantitative estimate of drug-likeness (QED) is 0.566. The molecule has 0 aromatic rings. The molecule has 0 bridgehead atoms. The second-order valence-electron chi connectivity index (χ2n) is 2.73. The van der Waals surface area contributed by atoms with Crippen molar-refractivity contribution in [1.82, 2.24) is 0 Å². The van der Waals surface area contributed by atoms with E-state index in [2.05, 4.69) is 20.4 Å². The average Bonchev–Trinajstić information content (AvgIpc) is 1.63. The van der Waals surface area contributed by atoms with E-state index in [1.807, 2.05) is 0 Å². The summed E-state index contributed by atoms with van der Waals surface area (Å²) < 4.78 is 0. The van der Waals surface area contributed by atoms with E-state index in [1.165, 1.54) is 0 Å². The molecule has 2 heteroatoms. The smallest absolute Gasteiger partial charge is 0.102 e. The summed E-state index contributed by atoms with van der Waals surface area (Å²) in [5.74, 6) is 0.604. The molecule has 0 aromatic carbocycles. The third-order valence-electron chi connectivity index (χ3n) is 1.15. The lowest BCUT2D eigenvalue weighted by Crippen LogP contribution is -2.23. The molecule has 0 fully saturated rings. The molecule has 9 heavy (non-hydrogen) atoms. The molecule has 2 nitrogen and oxygen atoms in total. The van der Waals surface area contributed by atoms with Gasteiger partial charge in [0.05, 0.1) is 6.04 Å². The Morgan fingerprint density at radius 2 is 2.11 bits per heavy atom. The largest absolute Gasteiger partial charge is 0.511 e. The number of hydrogen-bond donors (Lipinski definition) is 2. The predicted molar refractivity (Wildman–Crippen MR) is 39.2 cm³/mol. The van der Waals surface area contributed by atoms with Crippen LogP contribution in [0.3, 0.4) is 0 Å². The lowest BCUT2D eigenvalue weighted by molar-refractivity contribution is 0.346. The predicted octanol–water partition coefficient (Wildman–Crippen LogP) is 1.43. The first kappa shape index (κ1) is 8.50. The molecule has 0 radical (unpaired) electrons. The van der Waals surface area contributed by atoms with Crippen molar-refractivity contribution in [2.75, 3.05) is 0 Å². The summed E-state index contributed by atoms with van der Waals surface area (Å²) in [5.41, 5.74) is 5.47. The standard InChI is InChI=1S/C7H15NO/c1-5(2)4-7(8)6(3)9/h5,7,9H,3-4,8H2,1-2H3/t7-/m0/s1. The SMILES string of the molecule is C=C(O)[C@@H](N)CC(C)C.